The summed E-state index contributed by atoms with van der Waals surface area (Å²) in [5.41, 5.74) is 6.34. The first-order valence-corrected chi connectivity index (χ1v) is 10.9. The Morgan fingerprint density at radius 2 is 1.77 bits per heavy atom. The van der Waals surface area contributed by atoms with Crippen LogP contribution in [0.1, 0.15) is 69.6 Å². The number of benzene rings is 1. The monoisotopic (exact) mass is 406 g/mol. The van der Waals surface area contributed by atoms with E-state index in [0.29, 0.717) is 11.2 Å². The molecule has 3 aromatic rings. The summed E-state index contributed by atoms with van der Waals surface area (Å²) in [7, 11) is 0. The Labute approximate surface area is 179 Å². The molecular weight excluding hydrogens is 372 g/mol. The van der Waals surface area contributed by atoms with Crippen molar-refractivity contribution in [2.45, 2.75) is 67.2 Å². The van der Waals surface area contributed by atoms with Gasteiger partial charge in [-0.05, 0) is 63.5 Å². The predicted molar refractivity (Wildman–Crippen MR) is 126 cm³/mol. The molecule has 2 aromatic heterocycles. The summed E-state index contributed by atoms with van der Waals surface area (Å²) in [6, 6.07) is 6.56. The van der Waals surface area contributed by atoms with Crippen LogP contribution in [0.2, 0.25) is 0 Å². The third kappa shape index (κ3) is 3.85. The van der Waals surface area contributed by atoms with E-state index in [-0.39, 0.29) is 11.0 Å². The molecule has 0 aliphatic rings. The molecule has 5 heteroatoms. The van der Waals surface area contributed by atoms with Crippen LogP contribution in [0.15, 0.2) is 23.0 Å². The van der Waals surface area contributed by atoms with Gasteiger partial charge in [-0.2, -0.15) is 9.61 Å². The fraction of sp³-hybridized carbons (Fsp3) is 0.480. The summed E-state index contributed by atoms with van der Waals surface area (Å²) in [6.45, 7) is 18.7. The molecule has 0 fully saturated rings. The maximum Gasteiger partial charge on any atom is 0.277 e. The third-order valence-electron chi connectivity index (χ3n) is 5.81. The molecule has 2 heterocycles. The third-order valence-corrected chi connectivity index (χ3v) is 5.81. The van der Waals surface area contributed by atoms with E-state index in [4.69, 9.17) is 10.1 Å². The Kier molecular flexibility index (Phi) is 6.02. The number of aryl methyl sites for hydroxylation is 2. The van der Waals surface area contributed by atoms with Gasteiger partial charge in [0.2, 0.25) is 0 Å². The van der Waals surface area contributed by atoms with Crippen LogP contribution in [-0.2, 0) is 11.8 Å². The van der Waals surface area contributed by atoms with Gasteiger partial charge in [-0.3, -0.25) is 4.79 Å². The molecule has 3 rings (SSSR count). The van der Waals surface area contributed by atoms with Crippen LogP contribution >= 0.6 is 0 Å². The van der Waals surface area contributed by atoms with E-state index in [1.807, 2.05) is 13.8 Å². The van der Waals surface area contributed by atoms with E-state index in [2.05, 4.69) is 70.7 Å². The Morgan fingerprint density at radius 3 is 2.30 bits per heavy atom. The van der Waals surface area contributed by atoms with Gasteiger partial charge in [0, 0.05) is 35.0 Å². The van der Waals surface area contributed by atoms with Crippen LogP contribution in [-0.4, -0.2) is 27.7 Å². The van der Waals surface area contributed by atoms with Gasteiger partial charge in [-0.1, -0.05) is 33.8 Å². The van der Waals surface area contributed by atoms with Crippen LogP contribution < -0.4 is 15.7 Å². The van der Waals surface area contributed by atoms with Crippen molar-refractivity contribution in [1.82, 2.24) is 14.6 Å². The quantitative estimate of drug-likeness (QED) is 0.644. The second-order valence-corrected chi connectivity index (χ2v) is 8.95. The number of anilines is 1. The van der Waals surface area contributed by atoms with Gasteiger partial charge in [-0.25, -0.2) is 4.98 Å². The average molecular weight is 407 g/mol. The van der Waals surface area contributed by atoms with Crippen molar-refractivity contribution in [2.24, 2.45) is 0 Å². The van der Waals surface area contributed by atoms with Gasteiger partial charge in [0.1, 0.15) is 0 Å². The molecule has 0 radical (unpaired) electrons. The molecule has 0 bridgehead atoms. The summed E-state index contributed by atoms with van der Waals surface area (Å²) >= 11 is 0. The lowest BCUT2D eigenvalue weighted by Gasteiger charge is -2.22. The van der Waals surface area contributed by atoms with Gasteiger partial charge in [0.15, 0.2) is 5.65 Å². The van der Waals surface area contributed by atoms with Gasteiger partial charge >= 0.3 is 0 Å². The van der Waals surface area contributed by atoms with Crippen LogP contribution in [0.25, 0.3) is 11.7 Å². The first kappa shape index (κ1) is 22.0. The minimum atomic E-state index is -0.207. The lowest BCUT2D eigenvalue weighted by Crippen LogP contribution is -2.23. The summed E-state index contributed by atoms with van der Waals surface area (Å²) in [5.74, 6) is 0. The van der Waals surface area contributed by atoms with Crippen LogP contribution in [0.5, 0.6) is 0 Å². The van der Waals surface area contributed by atoms with Gasteiger partial charge in [0.25, 0.3) is 5.56 Å². The van der Waals surface area contributed by atoms with Crippen LogP contribution in [0, 0.1) is 13.8 Å². The molecule has 160 valence electrons. The van der Waals surface area contributed by atoms with Crippen molar-refractivity contribution in [1.29, 1.82) is 0 Å². The maximum atomic E-state index is 12.9. The van der Waals surface area contributed by atoms with Crippen LogP contribution in [0.3, 0.4) is 0 Å². The number of aromatic nitrogens is 3. The van der Waals surface area contributed by atoms with E-state index in [1.54, 1.807) is 0 Å². The highest BCUT2D eigenvalue weighted by Crippen LogP contribution is 2.22. The summed E-state index contributed by atoms with van der Waals surface area (Å²) in [4.78, 5) is 20.1. The van der Waals surface area contributed by atoms with Crippen molar-refractivity contribution in [3.05, 3.63) is 61.8 Å². The zero-order valence-electron chi connectivity index (χ0n) is 19.6. The number of nitrogens with zero attached hydrogens (tertiary/aromatic N) is 4. The van der Waals surface area contributed by atoms with Crippen molar-refractivity contribution < 1.29 is 0 Å². The second-order valence-electron chi connectivity index (χ2n) is 8.95. The van der Waals surface area contributed by atoms with E-state index < -0.39 is 0 Å². The summed E-state index contributed by atoms with van der Waals surface area (Å²) in [6.07, 6.45) is 2.87. The SMILES string of the molecule is CCc1nc2/c(=C\c3ccc(N(CC)CC)cc3C)c(C(C)(C)C)nn2c(=O)c1C. The highest BCUT2D eigenvalue weighted by atomic mass is 16.1. The standard InChI is InChI=1S/C25H34N4O/c1-9-21-17(5)24(30)29-23(26-21)20(22(27-29)25(6,7)8)15-18-12-13-19(14-16(18)4)28(10-2)11-3/h12-15H,9-11H2,1-8H3/b20-15-. The van der Waals surface area contributed by atoms with Crippen molar-refractivity contribution in [3.63, 3.8) is 0 Å². The topological polar surface area (TPSA) is 50.5 Å². The maximum absolute atomic E-state index is 12.9. The zero-order valence-corrected chi connectivity index (χ0v) is 19.6. The summed E-state index contributed by atoms with van der Waals surface area (Å²) < 4.78 is 1.49. The Bertz CT molecular complexity index is 1180. The number of hydrogen-bond acceptors (Lipinski definition) is 4. The number of hydrogen-bond donors (Lipinski definition) is 0. The van der Waals surface area contributed by atoms with Gasteiger partial charge in [0.05, 0.1) is 11.4 Å². The van der Waals surface area contributed by atoms with Crippen molar-refractivity contribution >= 4 is 17.4 Å². The number of rotatable bonds is 5. The van der Waals surface area contributed by atoms with E-state index in [1.165, 1.54) is 15.8 Å². The molecule has 1 aromatic carbocycles. The van der Waals surface area contributed by atoms with Crippen molar-refractivity contribution in [2.75, 3.05) is 18.0 Å². The fourth-order valence-electron chi connectivity index (χ4n) is 3.96. The zero-order chi connectivity index (χ0) is 22.2. The predicted octanol–water partition coefficient (Wildman–Crippen LogP) is 3.96. The Morgan fingerprint density at radius 1 is 1.10 bits per heavy atom. The molecule has 0 saturated carbocycles. The summed E-state index contributed by atoms with van der Waals surface area (Å²) in [5, 5.41) is 5.66. The highest BCUT2D eigenvalue weighted by molar-refractivity contribution is 5.64. The Balaban J connectivity index is 2.33. The molecule has 0 aliphatic carbocycles. The van der Waals surface area contributed by atoms with Crippen molar-refractivity contribution in [3.8, 4) is 0 Å². The molecule has 0 aliphatic heterocycles. The lowest BCUT2D eigenvalue weighted by atomic mass is 9.90. The normalized spacial score (nSPS) is 12.7. The molecule has 0 atom stereocenters. The number of fused-ring (bicyclic) bond motifs is 1. The van der Waals surface area contributed by atoms with Crippen LogP contribution in [0.4, 0.5) is 5.69 Å². The Hall–Kier alpha value is -2.69. The van der Waals surface area contributed by atoms with Gasteiger partial charge in [-0.15, -0.1) is 0 Å². The highest BCUT2D eigenvalue weighted by Gasteiger charge is 2.23. The minimum absolute atomic E-state index is 0.0735. The molecule has 30 heavy (non-hydrogen) atoms. The molecule has 0 N–H and O–H groups in total. The molecule has 0 spiro atoms. The van der Waals surface area contributed by atoms with E-state index >= 15 is 0 Å². The largest absolute Gasteiger partial charge is 0.372 e. The van der Waals surface area contributed by atoms with Gasteiger partial charge < -0.3 is 4.90 Å². The van der Waals surface area contributed by atoms with E-state index in [0.717, 1.165) is 41.7 Å². The lowest BCUT2D eigenvalue weighted by molar-refractivity contribution is 0.558. The van der Waals surface area contributed by atoms with E-state index in [9.17, 15) is 4.79 Å². The first-order chi connectivity index (χ1) is 14.1. The molecule has 0 amide bonds. The molecular formula is C25H34N4O. The fourth-order valence-corrected chi connectivity index (χ4v) is 3.96. The smallest absolute Gasteiger partial charge is 0.277 e. The second kappa shape index (κ2) is 8.21. The first-order valence-electron chi connectivity index (χ1n) is 10.9. The average Bonchev–Trinajstić information content (AvgIpc) is 3.06. The molecule has 0 unspecified atom stereocenters. The minimum Gasteiger partial charge on any atom is -0.372 e. The molecule has 5 nitrogen and oxygen atoms in total. The molecule has 0 saturated heterocycles.